The molecule has 1 aliphatic heterocycles. The van der Waals surface area contributed by atoms with E-state index in [0.717, 1.165) is 42.7 Å². The summed E-state index contributed by atoms with van der Waals surface area (Å²) in [5.74, 6) is 0.470. The number of hydrogen-bond acceptors (Lipinski definition) is 2. The maximum atomic E-state index is 12.2. The summed E-state index contributed by atoms with van der Waals surface area (Å²) in [6.45, 7) is 4.93. The van der Waals surface area contributed by atoms with Gasteiger partial charge in [-0.25, -0.2) is 0 Å². The molecule has 1 amide bonds. The first-order chi connectivity index (χ1) is 8.13. The number of anilines is 2. The van der Waals surface area contributed by atoms with Gasteiger partial charge in [0.2, 0.25) is 5.91 Å². The minimum atomic E-state index is 0.211. The maximum absolute atomic E-state index is 12.2. The molecule has 1 atom stereocenters. The van der Waals surface area contributed by atoms with Gasteiger partial charge in [0.05, 0.1) is 0 Å². The molecule has 1 saturated heterocycles. The second kappa shape index (κ2) is 4.78. The van der Waals surface area contributed by atoms with E-state index in [1.165, 1.54) is 0 Å². The molecule has 0 aliphatic carbocycles. The lowest BCUT2D eigenvalue weighted by atomic mass is 10.0. The van der Waals surface area contributed by atoms with E-state index < -0.39 is 0 Å². The Morgan fingerprint density at radius 1 is 1.47 bits per heavy atom. The molecule has 2 rings (SSSR count). The summed E-state index contributed by atoms with van der Waals surface area (Å²) in [7, 11) is 0. The van der Waals surface area contributed by atoms with E-state index in [9.17, 15) is 4.79 Å². The quantitative estimate of drug-likeness (QED) is 0.814. The van der Waals surface area contributed by atoms with Crippen LogP contribution < -0.4 is 10.6 Å². The van der Waals surface area contributed by atoms with Crippen molar-refractivity contribution in [1.82, 2.24) is 0 Å². The Hall–Kier alpha value is -1.51. The molecule has 3 nitrogen and oxygen atoms in total. The van der Waals surface area contributed by atoms with Gasteiger partial charge in [0.25, 0.3) is 0 Å². The molecule has 0 spiro atoms. The van der Waals surface area contributed by atoms with Crippen LogP contribution in [0.15, 0.2) is 18.2 Å². The van der Waals surface area contributed by atoms with Gasteiger partial charge in [-0.15, -0.1) is 0 Å². The molecule has 1 fully saturated rings. The molecule has 0 aromatic heterocycles. The Kier molecular flexibility index (Phi) is 3.36. The summed E-state index contributed by atoms with van der Waals surface area (Å²) in [6, 6.07) is 5.87. The van der Waals surface area contributed by atoms with Gasteiger partial charge in [-0.2, -0.15) is 0 Å². The van der Waals surface area contributed by atoms with E-state index >= 15 is 0 Å². The van der Waals surface area contributed by atoms with Crippen molar-refractivity contribution < 1.29 is 4.79 Å². The van der Waals surface area contributed by atoms with Gasteiger partial charge in [0, 0.05) is 23.8 Å². The highest BCUT2D eigenvalue weighted by Gasteiger charge is 2.31. The number of aryl methyl sites for hydroxylation is 1. The fourth-order valence-electron chi connectivity index (χ4n) is 2.41. The molecule has 0 bridgehead atoms. The van der Waals surface area contributed by atoms with Gasteiger partial charge in [0.1, 0.15) is 0 Å². The number of nitrogens with zero attached hydrogens (tertiary/aromatic N) is 1. The minimum Gasteiger partial charge on any atom is -0.398 e. The average molecular weight is 232 g/mol. The van der Waals surface area contributed by atoms with Crippen LogP contribution in [0.25, 0.3) is 0 Å². The van der Waals surface area contributed by atoms with Crippen LogP contribution in [0.1, 0.15) is 31.7 Å². The van der Waals surface area contributed by atoms with Gasteiger partial charge in [-0.1, -0.05) is 19.4 Å². The highest BCUT2D eigenvalue weighted by atomic mass is 16.2. The van der Waals surface area contributed by atoms with Gasteiger partial charge in [-0.05, 0) is 37.5 Å². The van der Waals surface area contributed by atoms with E-state index in [0.29, 0.717) is 0 Å². The van der Waals surface area contributed by atoms with E-state index in [1.807, 2.05) is 30.0 Å². The standard InChI is InChI=1S/C14H20N2O/c1-3-4-11-7-8-16(14(11)17)12-6-5-10(2)13(15)9-12/h5-6,9,11H,3-4,7-8,15H2,1-2H3. The number of carbonyl (C=O) groups is 1. The van der Waals surface area contributed by atoms with Crippen molar-refractivity contribution in [3.8, 4) is 0 Å². The zero-order valence-electron chi connectivity index (χ0n) is 10.6. The van der Waals surface area contributed by atoms with Crippen molar-refractivity contribution in [2.45, 2.75) is 33.1 Å². The molecule has 0 saturated carbocycles. The number of benzene rings is 1. The summed E-state index contributed by atoms with van der Waals surface area (Å²) in [6.07, 6.45) is 3.04. The average Bonchev–Trinajstić information content (AvgIpc) is 2.66. The van der Waals surface area contributed by atoms with Crippen molar-refractivity contribution >= 4 is 17.3 Å². The Morgan fingerprint density at radius 3 is 2.88 bits per heavy atom. The van der Waals surface area contributed by atoms with Crippen LogP contribution in [-0.2, 0) is 4.79 Å². The highest BCUT2D eigenvalue weighted by Crippen LogP contribution is 2.29. The molecular formula is C14H20N2O. The molecule has 2 N–H and O–H groups in total. The number of rotatable bonds is 3. The molecule has 0 radical (unpaired) electrons. The van der Waals surface area contributed by atoms with Gasteiger partial charge >= 0.3 is 0 Å². The lowest BCUT2D eigenvalue weighted by Gasteiger charge is -2.17. The number of hydrogen-bond donors (Lipinski definition) is 1. The first-order valence-electron chi connectivity index (χ1n) is 6.31. The molecular weight excluding hydrogens is 212 g/mol. The zero-order chi connectivity index (χ0) is 12.4. The summed E-state index contributed by atoms with van der Waals surface area (Å²) in [5.41, 5.74) is 8.65. The lowest BCUT2D eigenvalue weighted by molar-refractivity contribution is -0.120. The van der Waals surface area contributed by atoms with Gasteiger partial charge < -0.3 is 10.6 Å². The second-order valence-corrected chi connectivity index (χ2v) is 4.81. The van der Waals surface area contributed by atoms with E-state index in [-0.39, 0.29) is 11.8 Å². The molecule has 1 aromatic carbocycles. The van der Waals surface area contributed by atoms with E-state index in [2.05, 4.69) is 6.92 Å². The minimum absolute atomic E-state index is 0.211. The third kappa shape index (κ3) is 2.28. The van der Waals surface area contributed by atoms with Crippen LogP contribution in [0.5, 0.6) is 0 Å². The van der Waals surface area contributed by atoms with Crippen LogP contribution in [-0.4, -0.2) is 12.5 Å². The van der Waals surface area contributed by atoms with Crippen LogP contribution in [0.3, 0.4) is 0 Å². The van der Waals surface area contributed by atoms with E-state index in [4.69, 9.17) is 5.73 Å². The number of nitrogens with two attached hydrogens (primary N) is 1. The number of carbonyl (C=O) groups excluding carboxylic acids is 1. The fourth-order valence-corrected chi connectivity index (χ4v) is 2.41. The molecule has 3 heteroatoms. The Labute approximate surface area is 103 Å². The first-order valence-corrected chi connectivity index (χ1v) is 6.31. The van der Waals surface area contributed by atoms with Crippen LogP contribution in [0.4, 0.5) is 11.4 Å². The zero-order valence-corrected chi connectivity index (χ0v) is 10.6. The number of amides is 1. The molecule has 1 aromatic rings. The largest absolute Gasteiger partial charge is 0.398 e. The predicted molar refractivity (Wildman–Crippen MR) is 71.0 cm³/mol. The Balaban J connectivity index is 2.18. The maximum Gasteiger partial charge on any atom is 0.230 e. The number of nitrogen functional groups attached to an aromatic ring is 1. The van der Waals surface area contributed by atoms with Crippen LogP contribution in [0, 0.1) is 12.8 Å². The third-order valence-corrected chi connectivity index (χ3v) is 3.53. The van der Waals surface area contributed by atoms with Crippen LogP contribution in [0.2, 0.25) is 0 Å². The highest BCUT2D eigenvalue weighted by molar-refractivity contribution is 5.97. The Bertz CT molecular complexity index is 428. The summed E-state index contributed by atoms with van der Waals surface area (Å²) >= 11 is 0. The van der Waals surface area contributed by atoms with Crippen molar-refractivity contribution in [2.75, 3.05) is 17.2 Å². The molecule has 1 unspecified atom stereocenters. The van der Waals surface area contributed by atoms with Crippen molar-refractivity contribution in [2.24, 2.45) is 5.92 Å². The van der Waals surface area contributed by atoms with Gasteiger partial charge in [0.15, 0.2) is 0 Å². The monoisotopic (exact) mass is 232 g/mol. The fraction of sp³-hybridized carbons (Fsp3) is 0.500. The van der Waals surface area contributed by atoms with E-state index in [1.54, 1.807) is 0 Å². The molecule has 17 heavy (non-hydrogen) atoms. The van der Waals surface area contributed by atoms with Crippen molar-refractivity contribution in [3.63, 3.8) is 0 Å². The summed E-state index contributed by atoms with van der Waals surface area (Å²) in [4.78, 5) is 14.0. The molecule has 1 heterocycles. The summed E-state index contributed by atoms with van der Waals surface area (Å²) in [5, 5.41) is 0. The molecule has 1 aliphatic rings. The topological polar surface area (TPSA) is 46.3 Å². The SMILES string of the molecule is CCCC1CCN(c2ccc(C)c(N)c2)C1=O. The molecule has 92 valence electrons. The normalized spacial score (nSPS) is 20.0. The first kappa shape index (κ1) is 12.0. The second-order valence-electron chi connectivity index (χ2n) is 4.81. The van der Waals surface area contributed by atoms with Crippen LogP contribution >= 0.6 is 0 Å². The van der Waals surface area contributed by atoms with Gasteiger partial charge in [-0.3, -0.25) is 4.79 Å². The third-order valence-electron chi connectivity index (χ3n) is 3.53. The lowest BCUT2D eigenvalue weighted by Crippen LogP contribution is -2.27. The van der Waals surface area contributed by atoms with Crippen molar-refractivity contribution in [1.29, 1.82) is 0 Å². The smallest absolute Gasteiger partial charge is 0.230 e. The summed E-state index contributed by atoms with van der Waals surface area (Å²) < 4.78 is 0. The predicted octanol–water partition coefficient (Wildman–Crippen LogP) is 2.73. The van der Waals surface area contributed by atoms with Crippen molar-refractivity contribution in [3.05, 3.63) is 23.8 Å². The Morgan fingerprint density at radius 2 is 2.24 bits per heavy atom.